The summed E-state index contributed by atoms with van der Waals surface area (Å²) < 4.78 is 5.06. The van der Waals surface area contributed by atoms with Crippen molar-refractivity contribution in [2.75, 3.05) is 18.2 Å². The van der Waals surface area contributed by atoms with Crippen molar-refractivity contribution in [3.63, 3.8) is 0 Å². The van der Waals surface area contributed by atoms with E-state index in [1.165, 1.54) is 6.20 Å². The lowest BCUT2D eigenvalue weighted by atomic mass is 10.3. The summed E-state index contributed by atoms with van der Waals surface area (Å²) >= 11 is 6.00. The van der Waals surface area contributed by atoms with E-state index in [0.717, 1.165) is 5.69 Å². The molecule has 0 bridgehead atoms. The Kier molecular flexibility index (Phi) is 3.30. The Morgan fingerprint density at radius 3 is 2.71 bits per heavy atom. The minimum absolute atomic E-state index is 0.378. The van der Waals surface area contributed by atoms with Crippen LogP contribution in [-0.2, 0) is 0 Å². The van der Waals surface area contributed by atoms with Gasteiger partial charge in [0.1, 0.15) is 17.4 Å². The van der Waals surface area contributed by atoms with Crippen LogP contribution in [0.15, 0.2) is 30.6 Å². The van der Waals surface area contributed by atoms with Crippen LogP contribution < -0.4 is 15.8 Å². The van der Waals surface area contributed by atoms with Crippen LogP contribution in [0.1, 0.15) is 0 Å². The highest BCUT2D eigenvalue weighted by Gasteiger charge is 2.02. The smallest absolute Gasteiger partial charge is 0.149 e. The quantitative estimate of drug-likeness (QED) is 0.875. The number of halogens is 1. The number of hydrogen-bond donors (Lipinski definition) is 2. The summed E-state index contributed by atoms with van der Waals surface area (Å²) in [5.41, 5.74) is 6.24. The number of rotatable bonds is 3. The molecule has 0 aliphatic heterocycles. The molecule has 0 atom stereocenters. The Balaban J connectivity index is 2.19. The fraction of sp³-hybridized carbons (Fsp3) is 0.0909. The van der Waals surface area contributed by atoms with Crippen molar-refractivity contribution < 1.29 is 4.74 Å². The van der Waals surface area contributed by atoms with Crippen LogP contribution in [0, 0.1) is 0 Å². The summed E-state index contributed by atoms with van der Waals surface area (Å²) in [6.07, 6.45) is 3.03. The average molecular weight is 251 g/mol. The first-order valence-corrected chi connectivity index (χ1v) is 5.25. The van der Waals surface area contributed by atoms with Crippen LogP contribution in [0.2, 0.25) is 5.02 Å². The van der Waals surface area contributed by atoms with Gasteiger partial charge in [0.05, 0.1) is 24.5 Å². The zero-order chi connectivity index (χ0) is 12.3. The molecule has 88 valence electrons. The first kappa shape index (κ1) is 11.5. The zero-order valence-electron chi connectivity index (χ0n) is 9.14. The van der Waals surface area contributed by atoms with Crippen molar-refractivity contribution in [1.82, 2.24) is 9.97 Å². The van der Waals surface area contributed by atoms with Crippen LogP contribution in [0.5, 0.6) is 5.75 Å². The summed E-state index contributed by atoms with van der Waals surface area (Å²) in [6, 6.07) is 5.36. The van der Waals surface area contributed by atoms with Crippen LogP contribution in [0.25, 0.3) is 0 Å². The van der Waals surface area contributed by atoms with E-state index in [0.29, 0.717) is 22.4 Å². The molecule has 1 aromatic carbocycles. The number of hydrogen-bond acceptors (Lipinski definition) is 5. The molecule has 0 aliphatic rings. The molecule has 0 radical (unpaired) electrons. The van der Waals surface area contributed by atoms with E-state index in [-0.39, 0.29) is 0 Å². The highest BCUT2D eigenvalue weighted by Crippen LogP contribution is 2.28. The molecular formula is C11H11ClN4O. The molecule has 1 heterocycles. The van der Waals surface area contributed by atoms with Crippen LogP contribution in [0.4, 0.5) is 17.3 Å². The van der Waals surface area contributed by atoms with E-state index >= 15 is 0 Å². The second-order valence-electron chi connectivity index (χ2n) is 3.30. The summed E-state index contributed by atoms with van der Waals surface area (Å²) in [7, 11) is 1.57. The molecule has 6 heteroatoms. The Morgan fingerprint density at radius 2 is 2.12 bits per heavy atom. The van der Waals surface area contributed by atoms with E-state index in [2.05, 4.69) is 15.3 Å². The summed E-state index contributed by atoms with van der Waals surface area (Å²) in [6.45, 7) is 0. The van der Waals surface area contributed by atoms with Gasteiger partial charge in [-0.3, -0.25) is 0 Å². The number of nitrogen functional groups attached to an aromatic ring is 1. The molecule has 0 saturated heterocycles. The average Bonchev–Trinajstić information content (AvgIpc) is 2.32. The van der Waals surface area contributed by atoms with E-state index in [4.69, 9.17) is 22.1 Å². The molecular weight excluding hydrogens is 240 g/mol. The SMILES string of the molecule is COc1ccc(Nc2cnc(N)cn2)cc1Cl. The predicted molar refractivity (Wildman–Crippen MR) is 67.7 cm³/mol. The van der Waals surface area contributed by atoms with E-state index in [9.17, 15) is 0 Å². The molecule has 17 heavy (non-hydrogen) atoms. The van der Waals surface area contributed by atoms with Gasteiger partial charge in [-0.15, -0.1) is 0 Å². The van der Waals surface area contributed by atoms with Crippen molar-refractivity contribution in [3.05, 3.63) is 35.6 Å². The van der Waals surface area contributed by atoms with Gasteiger partial charge in [-0.05, 0) is 18.2 Å². The van der Waals surface area contributed by atoms with Gasteiger partial charge in [-0.2, -0.15) is 0 Å². The zero-order valence-corrected chi connectivity index (χ0v) is 9.90. The lowest BCUT2D eigenvalue weighted by Crippen LogP contribution is -1.97. The second-order valence-corrected chi connectivity index (χ2v) is 3.71. The number of ether oxygens (including phenoxy) is 1. The topological polar surface area (TPSA) is 73.1 Å². The molecule has 2 aromatic rings. The number of nitrogens with zero attached hydrogens (tertiary/aromatic N) is 2. The van der Waals surface area contributed by atoms with E-state index in [1.54, 1.807) is 25.4 Å². The number of methoxy groups -OCH3 is 1. The van der Waals surface area contributed by atoms with Crippen molar-refractivity contribution in [2.45, 2.75) is 0 Å². The molecule has 3 N–H and O–H groups in total. The number of nitrogens with one attached hydrogen (secondary N) is 1. The Bertz CT molecular complexity index is 515. The largest absolute Gasteiger partial charge is 0.495 e. The van der Waals surface area contributed by atoms with Gasteiger partial charge >= 0.3 is 0 Å². The van der Waals surface area contributed by atoms with Gasteiger partial charge in [0.2, 0.25) is 0 Å². The minimum atomic E-state index is 0.378. The van der Waals surface area contributed by atoms with Gasteiger partial charge in [-0.1, -0.05) is 11.6 Å². The first-order chi connectivity index (χ1) is 8.19. The second kappa shape index (κ2) is 4.88. The fourth-order valence-corrected chi connectivity index (χ4v) is 1.55. The summed E-state index contributed by atoms with van der Waals surface area (Å²) in [5, 5.41) is 3.58. The van der Waals surface area contributed by atoms with Crippen molar-refractivity contribution in [3.8, 4) is 5.75 Å². The fourth-order valence-electron chi connectivity index (χ4n) is 1.29. The summed E-state index contributed by atoms with van der Waals surface area (Å²) in [5.74, 6) is 1.60. The number of nitrogens with two attached hydrogens (primary N) is 1. The predicted octanol–water partition coefficient (Wildman–Crippen LogP) is 2.46. The van der Waals surface area contributed by atoms with Gasteiger partial charge < -0.3 is 15.8 Å². The minimum Gasteiger partial charge on any atom is -0.495 e. The maximum Gasteiger partial charge on any atom is 0.149 e. The van der Waals surface area contributed by atoms with Crippen LogP contribution in [-0.4, -0.2) is 17.1 Å². The summed E-state index contributed by atoms with van der Waals surface area (Å²) in [4.78, 5) is 8.00. The van der Waals surface area contributed by atoms with Gasteiger partial charge in [0, 0.05) is 5.69 Å². The third kappa shape index (κ3) is 2.76. The Hall–Kier alpha value is -2.01. The van der Waals surface area contributed by atoms with Gasteiger partial charge in [0.25, 0.3) is 0 Å². The number of aromatic nitrogens is 2. The molecule has 0 amide bonds. The number of anilines is 3. The Labute approximate surface area is 104 Å². The number of benzene rings is 1. The lowest BCUT2D eigenvalue weighted by molar-refractivity contribution is 0.415. The highest BCUT2D eigenvalue weighted by molar-refractivity contribution is 6.32. The monoisotopic (exact) mass is 250 g/mol. The van der Waals surface area contributed by atoms with E-state index in [1.807, 2.05) is 6.07 Å². The molecule has 0 unspecified atom stereocenters. The maximum absolute atomic E-state index is 6.00. The third-order valence-electron chi connectivity index (χ3n) is 2.10. The third-order valence-corrected chi connectivity index (χ3v) is 2.39. The highest BCUT2D eigenvalue weighted by atomic mass is 35.5. The van der Waals surface area contributed by atoms with Gasteiger partial charge in [0.15, 0.2) is 0 Å². The van der Waals surface area contributed by atoms with Crippen molar-refractivity contribution >= 4 is 28.9 Å². The molecule has 0 saturated carbocycles. The Morgan fingerprint density at radius 1 is 1.29 bits per heavy atom. The molecule has 5 nitrogen and oxygen atoms in total. The lowest BCUT2D eigenvalue weighted by Gasteiger charge is -2.08. The molecule has 0 spiro atoms. The van der Waals surface area contributed by atoms with Crippen LogP contribution >= 0.6 is 11.6 Å². The standard InChI is InChI=1S/C11H11ClN4O/c1-17-9-3-2-7(4-8(9)12)16-11-6-14-10(13)5-15-11/h2-6H,1H3,(H2,13,14)(H,15,16). The van der Waals surface area contributed by atoms with Crippen molar-refractivity contribution in [1.29, 1.82) is 0 Å². The normalized spacial score (nSPS) is 10.0. The molecule has 0 aliphatic carbocycles. The molecule has 0 fully saturated rings. The van der Waals surface area contributed by atoms with Crippen LogP contribution in [0.3, 0.4) is 0 Å². The van der Waals surface area contributed by atoms with E-state index < -0.39 is 0 Å². The maximum atomic E-state index is 6.00. The van der Waals surface area contributed by atoms with Gasteiger partial charge in [-0.25, -0.2) is 9.97 Å². The van der Waals surface area contributed by atoms with Crippen molar-refractivity contribution in [2.24, 2.45) is 0 Å². The molecule has 1 aromatic heterocycles. The molecule has 2 rings (SSSR count). The first-order valence-electron chi connectivity index (χ1n) is 4.87.